The number of benzene rings is 1. The number of aromatic nitrogens is 3. The van der Waals surface area contributed by atoms with Crippen LogP contribution in [0.2, 0.25) is 0 Å². The molecular formula is C19H15N3O5S. The highest BCUT2D eigenvalue weighted by Gasteiger charge is 2.16. The van der Waals surface area contributed by atoms with Crippen molar-refractivity contribution in [3.8, 4) is 11.5 Å². The van der Waals surface area contributed by atoms with Gasteiger partial charge in [0.1, 0.15) is 12.3 Å². The van der Waals surface area contributed by atoms with Gasteiger partial charge in [-0.3, -0.25) is 0 Å². The van der Waals surface area contributed by atoms with Crippen molar-refractivity contribution in [3.05, 3.63) is 71.7 Å². The lowest BCUT2D eigenvalue weighted by Crippen LogP contribution is -2.06. The number of hydrogen-bond acceptors (Lipinski definition) is 9. The molecule has 0 amide bonds. The Labute approximate surface area is 163 Å². The molecule has 28 heavy (non-hydrogen) atoms. The van der Waals surface area contributed by atoms with Crippen LogP contribution in [-0.2, 0) is 17.1 Å². The molecule has 4 aromatic rings. The summed E-state index contributed by atoms with van der Waals surface area (Å²) in [5.74, 6) is 2.11. The highest BCUT2D eigenvalue weighted by Crippen LogP contribution is 2.27. The molecule has 0 N–H and O–H groups in total. The summed E-state index contributed by atoms with van der Waals surface area (Å²) in [6.07, 6.45) is 1.54. The van der Waals surface area contributed by atoms with Gasteiger partial charge in [0.05, 0.1) is 17.6 Å². The van der Waals surface area contributed by atoms with E-state index >= 15 is 0 Å². The Morgan fingerprint density at radius 3 is 2.79 bits per heavy atom. The van der Waals surface area contributed by atoms with E-state index in [0.29, 0.717) is 40.2 Å². The summed E-state index contributed by atoms with van der Waals surface area (Å²) in [5.41, 5.74) is 0.949. The first-order chi connectivity index (χ1) is 13.7. The fourth-order valence-corrected chi connectivity index (χ4v) is 3.31. The number of esters is 1. The van der Waals surface area contributed by atoms with Crippen molar-refractivity contribution in [1.82, 2.24) is 15.3 Å². The summed E-state index contributed by atoms with van der Waals surface area (Å²) in [6, 6.07) is 12.4. The Morgan fingerprint density at radius 1 is 1.11 bits per heavy atom. The molecule has 1 aromatic carbocycles. The van der Waals surface area contributed by atoms with Crippen LogP contribution in [0.5, 0.6) is 0 Å². The molecule has 0 saturated heterocycles. The Balaban J connectivity index is 1.39. The zero-order chi connectivity index (χ0) is 19.3. The van der Waals surface area contributed by atoms with Gasteiger partial charge in [-0.25, -0.2) is 4.79 Å². The van der Waals surface area contributed by atoms with E-state index < -0.39 is 5.97 Å². The van der Waals surface area contributed by atoms with Crippen LogP contribution in [-0.4, -0.2) is 21.3 Å². The minimum Gasteiger partial charge on any atom is -0.461 e. The van der Waals surface area contributed by atoms with Crippen molar-refractivity contribution in [2.45, 2.75) is 24.2 Å². The van der Waals surface area contributed by atoms with E-state index in [9.17, 15) is 4.79 Å². The molecule has 0 aliphatic rings. The standard InChI is InChI=1S/C19H15N3O5S/c1-12-20-18(27-21-12)11-28-17-7-3-2-5-14(17)19(23)25-10-13-9-16(26-22-13)15-6-4-8-24-15/h2-9H,10-11H2,1H3. The highest BCUT2D eigenvalue weighted by molar-refractivity contribution is 7.98. The average molecular weight is 397 g/mol. The van der Waals surface area contributed by atoms with Crippen LogP contribution in [0.3, 0.4) is 0 Å². The maximum Gasteiger partial charge on any atom is 0.339 e. The third-order valence-electron chi connectivity index (χ3n) is 3.70. The fraction of sp³-hybridized carbons (Fsp3) is 0.158. The lowest BCUT2D eigenvalue weighted by molar-refractivity contribution is 0.0460. The molecule has 0 aliphatic carbocycles. The number of ether oxygens (including phenoxy) is 1. The molecule has 4 rings (SSSR count). The highest BCUT2D eigenvalue weighted by atomic mass is 32.2. The molecule has 0 aliphatic heterocycles. The molecular weight excluding hydrogens is 382 g/mol. The van der Waals surface area contributed by atoms with Gasteiger partial charge < -0.3 is 18.2 Å². The summed E-state index contributed by atoms with van der Waals surface area (Å²) in [5, 5.41) is 7.65. The quantitative estimate of drug-likeness (QED) is 0.334. The normalized spacial score (nSPS) is 10.9. The smallest absolute Gasteiger partial charge is 0.339 e. The molecule has 0 fully saturated rings. The monoisotopic (exact) mass is 397 g/mol. The van der Waals surface area contributed by atoms with Gasteiger partial charge in [0.2, 0.25) is 11.7 Å². The van der Waals surface area contributed by atoms with Gasteiger partial charge in [0.15, 0.2) is 11.6 Å². The van der Waals surface area contributed by atoms with Crippen molar-refractivity contribution in [2.24, 2.45) is 0 Å². The summed E-state index contributed by atoms with van der Waals surface area (Å²) in [7, 11) is 0. The maximum atomic E-state index is 12.5. The van der Waals surface area contributed by atoms with E-state index in [4.69, 9.17) is 18.2 Å². The minimum atomic E-state index is -0.452. The van der Waals surface area contributed by atoms with E-state index in [-0.39, 0.29) is 6.61 Å². The molecule has 142 valence electrons. The number of nitrogens with zero attached hydrogens (tertiary/aromatic N) is 3. The number of carbonyl (C=O) groups is 1. The Morgan fingerprint density at radius 2 is 2.00 bits per heavy atom. The van der Waals surface area contributed by atoms with Crippen LogP contribution < -0.4 is 0 Å². The topological polar surface area (TPSA) is 104 Å². The van der Waals surface area contributed by atoms with Gasteiger partial charge in [-0.15, -0.1) is 11.8 Å². The van der Waals surface area contributed by atoms with Crippen LogP contribution in [0.25, 0.3) is 11.5 Å². The minimum absolute atomic E-state index is 0.00903. The first kappa shape index (κ1) is 18.1. The van der Waals surface area contributed by atoms with Crippen LogP contribution in [0.15, 0.2) is 67.1 Å². The van der Waals surface area contributed by atoms with E-state index in [1.807, 2.05) is 12.1 Å². The summed E-state index contributed by atoms with van der Waals surface area (Å²) < 4.78 is 20.9. The number of thioether (sulfide) groups is 1. The van der Waals surface area contributed by atoms with Gasteiger partial charge >= 0.3 is 5.97 Å². The van der Waals surface area contributed by atoms with Gasteiger partial charge in [0.25, 0.3) is 0 Å². The van der Waals surface area contributed by atoms with Crippen molar-refractivity contribution >= 4 is 17.7 Å². The molecule has 0 spiro atoms. The molecule has 0 bridgehead atoms. The second-order valence-electron chi connectivity index (χ2n) is 5.76. The van der Waals surface area contributed by atoms with Crippen molar-refractivity contribution in [3.63, 3.8) is 0 Å². The van der Waals surface area contributed by atoms with E-state index in [0.717, 1.165) is 4.90 Å². The van der Waals surface area contributed by atoms with E-state index in [1.54, 1.807) is 43.5 Å². The molecule has 9 heteroatoms. The zero-order valence-electron chi connectivity index (χ0n) is 14.8. The first-order valence-electron chi connectivity index (χ1n) is 8.36. The van der Waals surface area contributed by atoms with Crippen LogP contribution >= 0.6 is 11.8 Å². The largest absolute Gasteiger partial charge is 0.461 e. The Bertz CT molecular complexity index is 1070. The molecule has 3 aromatic heterocycles. The number of rotatable bonds is 7. The maximum absolute atomic E-state index is 12.5. The van der Waals surface area contributed by atoms with Gasteiger partial charge in [-0.05, 0) is 31.2 Å². The third kappa shape index (κ3) is 4.15. The Kier molecular flexibility index (Phi) is 5.24. The van der Waals surface area contributed by atoms with Crippen LogP contribution in [0.4, 0.5) is 0 Å². The molecule has 0 atom stereocenters. The second kappa shape index (κ2) is 8.13. The van der Waals surface area contributed by atoms with Crippen molar-refractivity contribution in [1.29, 1.82) is 0 Å². The van der Waals surface area contributed by atoms with Crippen LogP contribution in [0, 0.1) is 6.92 Å². The lowest BCUT2D eigenvalue weighted by Gasteiger charge is -2.07. The molecule has 3 heterocycles. The Hall–Kier alpha value is -3.33. The number of hydrogen-bond donors (Lipinski definition) is 0. The molecule has 8 nitrogen and oxygen atoms in total. The molecule has 0 radical (unpaired) electrons. The number of aryl methyl sites for hydroxylation is 1. The molecule has 0 saturated carbocycles. The number of carbonyl (C=O) groups excluding carboxylic acids is 1. The zero-order valence-corrected chi connectivity index (χ0v) is 15.6. The number of furan rings is 1. The van der Waals surface area contributed by atoms with Gasteiger partial charge in [0, 0.05) is 11.0 Å². The van der Waals surface area contributed by atoms with Crippen molar-refractivity contribution < 1.29 is 23.0 Å². The first-order valence-corrected chi connectivity index (χ1v) is 9.35. The molecule has 0 unspecified atom stereocenters. The fourth-order valence-electron chi connectivity index (χ4n) is 2.43. The van der Waals surface area contributed by atoms with Gasteiger partial charge in [-0.2, -0.15) is 4.98 Å². The summed E-state index contributed by atoms with van der Waals surface area (Å²) in [6.45, 7) is 1.75. The third-order valence-corrected chi connectivity index (χ3v) is 4.76. The van der Waals surface area contributed by atoms with E-state index in [2.05, 4.69) is 15.3 Å². The predicted octanol–water partition coefficient (Wildman–Crippen LogP) is 4.28. The van der Waals surface area contributed by atoms with Crippen molar-refractivity contribution in [2.75, 3.05) is 0 Å². The summed E-state index contributed by atoms with van der Waals surface area (Å²) >= 11 is 1.42. The predicted molar refractivity (Wildman–Crippen MR) is 98.4 cm³/mol. The van der Waals surface area contributed by atoms with Crippen LogP contribution in [0.1, 0.15) is 27.8 Å². The lowest BCUT2D eigenvalue weighted by atomic mass is 10.2. The SMILES string of the molecule is Cc1noc(CSc2ccccc2C(=O)OCc2cc(-c3ccco3)on2)n1. The van der Waals surface area contributed by atoms with Gasteiger partial charge in [-0.1, -0.05) is 22.4 Å². The second-order valence-corrected chi connectivity index (χ2v) is 6.77. The average Bonchev–Trinajstić information content (AvgIpc) is 3.46. The van der Waals surface area contributed by atoms with E-state index in [1.165, 1.54) is 11.8 Å². The summed E-state index contributed by atoms with van der Waals surface area (Å²) in [4.78, 5) is 17.4.